The van der Waals surface area contributed by atoms with E-state index in [1.54, 1.807) is 0 Å². The molecule has 0 bridgehead atoms. The van der Waals surface area contributed by atoms with E-state index in [4.69, 9.17) is 5.73 Å². The lowest BCUT2D eigenvalue weighted by Gasteiger charge is -2.13. The number of nitrogens with zero attached hydrogens (tertiary/aromatic N) is 1. The van der Waals surface area contributed by atoms with Crippen LogP contribution in [-0.2, 0) is 0 Å². The van der Waals surface area contributed by atoms with E-state index in [2.05, 4.69) is 31.2 Å². The summed E-state index contributed by atoms with van der Waals surface area (Å²) in [6.07, 6.45) is 12.0. The lowest BCUT2D eigenvalue weighted by Crippen LogP contribution is -2.04. The summed E-state index contributed by atoms with van der Waals surface area (Å²) < 4.78 is 0. The lowest BCUT2D eigenvalue weighted by molar-refractivity contribution is 0.936. The van der Waals surface area contributed by atoms with Crippen molar-refractivity contribution in [3.8, 4) is 6.07 Å². The zero-order chi connectivity index (χ0) is 12.0. The Balaban J connectivity index is 3.22. The summed E-state index contributed by atoms with van der Waals surface area (Å²) in [5.41, 5.74) is 8.36. The average Bonchev–Trinajstić information content (AvgIpc) is 2.22. The number of allylic oxidation sites excluding steroid dienone is 8. The Morgan fingerprint density at radius 2 is 2.38 bits per heavy atom. The highest BCUT2D eigenvalue weighted by molar-refractivity contribution is 5.42. The highest BCUT2D eigenvalue weighted by Gasteiger charge is 2.12. The van der Waals surface area contributed by atoms with Gasteiger partial charge < -0.3 is 5.73 Å². The van der Waals surface area contributed by atoms with Crippen LogP contribution < -0.4 is 5.73 Å². The summed E-state index contributed by atoms with van der Waals surface area (Å²) in [6.45, 7) is 3.92. The first-order valence-corrected chi connectivity index (χ1v) is 5.59. The van der Waals surface area contributed by atoms with E-state index >= 15 is 0 Å². The summed E-state index contributed by atoms with van der Waals surface area (Å²) in [7, 11) is 0. The van der Waals surface area contributed by atoms with E-state index < -0.39 is 0 Å². The predicted molar refractivity (Wildman–Crippen MR) is 67.3 cm³/mol. The number of rotatable bonds is 2. The molecule has 0 heterocycles. The molecule has 0 saturated carbocycles. The van der Waals surface area contributed by atoms with Crippen LogP contribution in [0, 0.1) is 17.2 Å². The molecule has 0 unspecified atom stereocenters. The van der Waals surface area contributed by atoms with Gasteiger partial charge in [0.2, 0.25) is 0 Å². The summed E-state index contributed by atoms with van der Waals surface area (Å²) in [6, 6.07) is 2.31. The van der Waals surface area contributed by atoms with Gasteiger partial charge >= 0.3 is 0 Å². The van der Waals surface area contributed by atoms with E-state index in [0.29, 0.717) is 0 Å². The fraction of sp³-hybridized carbons (Fsp3) is 0.357. The highest BCUT2D eigenvalue weighted by atomic mass is 14.5. The van der Waals surface area contributed by atoms with Crippen molar-refractivity contribution < 1.29 is 0 Å². The van der Waals surface area contributed by atoms with Gasteiger partial charge in [-0.3, -0.25) is 0 Å². The third-order valence-corrected chi connectivity index (χ3v) is 2.56. The molecule has 2 heteroatoms. The van der Waals surface area contributed by atoms with Crippen molar-refractivity contribution in [2.45, 2.75) is 26.7 Å². The minimum atomic E-state index is 0.0231. The van der Waals surface area contributed by atoms with Gasteiger partial charge in [-0.2, -0.15) is 5.26 Å². The van der Waals surface area contributed by atoms with Gasteiger partial charge in [0, 0.05) is 17.2 Å². The zero-order valence-electron chi connectivity index (χ0n) is 9.90. The van der Waals surface area contributed by atoms with Crippen molar-refractivity contribution in [2.75, 3.05) is 0 Å². The van der Waals surface area contributed by atoms with Crippen molar-refractivity contribution in [2.24, 2.45) is 11.7 Å². The Labute approximate surface area is 97.5 Å². The topological polar surface area (TPSA) is 49.8 Å². The van der Waals surface area contributed by atoms with Gasteiger partial charge in [-0.1, -0.05) is 37.3 Å². The summed E-state index contributed by atoms with van der Waals surface area (Å²) in [4.78, 5) is 0. The maximum atomic E-state index is 9.25. The molecule has 2 nitrogen and oxygen atoms in total. The Morgan fingerprint density at radius 3 is 2.94 bits per heavy atom. The molecule has 0 fully saturated rings. The van der Waals surface area contributed by atoms with Crippen molar-refractivity contribution in [1.29, 1.82) is 5.26 Å². The second-order valence-electron chi connectivity index (χ2n) is 3.91. The van der Waals surface area contributed by atoms with Crippen LogP contribution in [0.4, 0.5) is 0 Å². The van der Waals surface area contributed by atoms with E-state index in [1.807, 2.05) is 19.1 Å². The van der Waals surface area contributed by atoms with Crippen LogP contribution in [0.15, 0.2) is 47.2 Å². The van der Waals surface area contributed by atoms with Crippen LogP contribution in [0.5, 0.6) is 0 Å². The zero-order valence-corrected chi connectivity index (χ0v) is 9.90. The molecule has 0 saturated heterocycles. The number of nitrogens with two attached hydrogens (primary N) is 1. The largest absolute Gasteiger partial charge is 0.402 e. The second-order valence-corrected chi connectivity index (χ2v) is 3.91. The Bertz CT molecular complexity index is 399. The standard InChI is InChI=1S/C14H18N2/c1-3-12-7-5-4-6-8-13(9-11(2)16)14(12)10-15/h5-9,13H,3-4,16H2,1-2H3/b7-5?,8-6+,11-9+,14-12?/t13-/m1/s1. The highest BCUT2D eigenvalue weighted by Crippen LogP contribution is 2.23. The van der Waals surface area contributed by atoms with Gasteiger partial charge in [-0.15, -0.1) is 0 Å². The monoisotopic (exact) mass is 214 g/mol. The van der Waals surface area contributed by atoms with Crippen LogP contribution in [0.2, 0.25) is 0 Å². The Kier molecular flexibility index (Phi) is 4.60. The molecule has 1 atom stereocenters. The maximum absolute atomic E-state index is 9.25. The van der Waals surface area contributed by atoms with Gasteiger partial charge in [-0.05, 0) is 25.3 Å². The molecule has 0 aromatic rings. The maximum Gasteiger partial charge on any atom is 0.0959 e. The lowest BCUT2D eigenvalue weighted by atomic mass is 9.90. The number of hydrogen-bond donors (Lipinski definition) is 1. The third kappa shape index (κ3) is 3.13. The van der Waals surface area contributed by atoms with Crippen LogP contribution in [-0.4, -0.2) is 0 Å². The molecule has 1 aliphatic carbocycles. The molecular formula is C14H18N2. The summed E-state index contributed by atoms with van der Waals surface area (Å²) >= 11 is 0. The second kappa shape index (κ2) is 5.97. The normalized spacial score (nSPS) is 23.6. The van der Waals surface area contributed by atoms with Crippen LogP contribution >= 0.6 is 0 Å². The van der Waals surface area contributed by atoms with E-state index in [9.17, 15) is 5.26 Å². The molecule has 1 rings (SSSR count). The fourth-order valence-electron chi connectivity index (χ4n) is 1.79. The summed E-state index contributed by atoms with van der Waals surface area (Å²) in [5, 5.41) is 9.25. The predicted octanol–water partition coefficient (Wildman–Crippen LogP) is 3.21. The Morgan fingerprint density at radius 1 is 1.62 bits per heavy atom. The van der Waals surface area contributed by atoms with Gasteiger partial charge in [0.1, 0.15) is 0 Å². The van der Waals surface area contributed by atoms with Gasteiger partial charge in [0.25, 0.3) is 0 Å². The minimum Gasteiger partial charge on any atom is -0.402 e. The molecule has 2 N–H and O–H groups in total. The molecule has 0 aromatic carbocycles. The molecule has 0 aliphatic heterocycles. The van der Waals surface area contributed by atoms with Crippen molar-refractivity contribution in [1.82, 2.24) is 0 Å². The fourth-order valence-corrected chi connectivity index (χ4v) is 1.79. The summed E-state index contributed by atoms with van der Waals surface area (Å²) in [5.74, 6) is 0.0231. The molecule has 84 valence electrons. The van der Waals surface area contributed by atoms with E-state index in [1.165, 1.54) is 0 Å². The van der Waals surface area contributed by atoms with Gasteiger partial charge in [-0.25, -0.2) is 0 Å². The molecular weight excluding hydrogens is 196 g/mol. The SMILES string of the molecule is CCC1=C(C#N)[C@@H](/C=C(\C)N)/C=C/CC=C1. The van der Waals surface area contributed by atoms with Crippen molar-refractivity contribution in [3.05, 3.63) is 47.2 Å². The first kappa shape index (κ1) is 12.3. The smallest absolute Gasteiger partial charge is 0.0959 e. The first-order valence-electron chi connectivity index (χ1n) is 5.59. The third-order valence-electron chi connectivity index (χ3n) is 2.56. The number of nitriles is 1. The van der Waals surface area contributed by atoms with Crippen LogP contribution in [0.1, 0.15) is 26.7 Å². The average molecular weight is 214 g/mol. The van der Waals surface area contributed by atoms with Crippen LogP contribution in [0.25, 0.3) is 0 Å². The molecule has 0 radical (unpaired) electrons. The quantitative estimate of drug-likeness (QED) is 0.717. The minimum absolute atomic E-state index is 0.0231. The van der Waals surface area contributed by atoms with Gasteiger partial charge in [0.15, 0.2) is 0 Å². The van der Waals surface area contributed by atoms with Crippen molar-refractivity contribution in [3.63, 3.8) is 0 Å². The Hall–Kier alpha value is -1.75. The van der Waals surface area contributed by atoms with Gasteiger partial charge in [0.05, 0.1) is 6.07 Å². The van der Waals surface area contributed by atoms with Crippen molar-refractivity contribution >= 4 is 0 Å². The molecule has 0 spiro atoms. The number of hydrogen-bond acceptors (Lipinski definition) is 2. The molecule has 1 aliphatic rings. The molecule has 16 heavy (non-hydrogen) atoms. The van der Waals surface area contributed by atoms with E-state index in [-0.39, 0.29) is 5.92 Å². The van der Waals surface area contributed by atoms with E-state index in [0.717, 1.165) is 29.7 Å². The molecule has 0 aromatic heterocycles. The first-order chi connectivity index (χ1) is 7.69. The molecule has 0 amide bonds. The van der Waals surface area contributed by atoms with Crippen LogP contribution in [0.3, 0.4) is 0 Å².